The molecule has 0 atom stereocenters. The lowest BCUT2D eigenvalue weighted by molar-refractivity contribution is -0.104. The number of carbonyl (C=O) groups is 1. The van der Waals surface area contributed by atoms with Crippen LogP contribution in [-0.4, -0.2) is 6.29 Å². The van der Waals surface area contributed by atoms with E-state index in [0.717, 1.165) is 28.3 Å². The molecule has 0 heterocycles. The van der Waals surface area contributed by atoms with Crippen LogP contribution in [0.15, 0.2) is 28.2 Å². The number of carbonyl (C=O) groups excluding carboxylic acids is 1. The van der Waals surface area contributed by atoms with Crippen molar-refractivity contribution in [1.29, 1.82) is 0 Å². The Bertz CT molecular complexity index is 366. The van der Waals surface area contributed by atoms with Crippen molar-refractivity contribution < 1.29 is 4.79 Å². The molecule has 1 aliphatic carbocycles. The predicted octanol–water partition coefficient (Wildman–Crippen LogP) is 2.59. The maximum atomic E-state index is 10.5. The summed E-state index contributed by atoms with van der Waals surface area (Å²) >= 11 is 3.39. The van der Waals surface area contributed by atoms with E-state index in [1.165, 1.54) is 5.56 Å². The fourth-order valence-corrected chi connectivity index (χ4v) is 1.79. The van der Waals surface area contributed by atoms with Crippen LogP contribution >= 0.6 is 15.9 Å². The highest BCUT2D eigenvalue weighted by molar-refractivity contribution is 9.10. The molecule has 2 rings (SSSR count). The quantitative estimate of drug-likeness (QED) is 0.668. The third kappa shape index (κ3) is 1.23. The van der Waals surface area contributed by atoms with E-state index in [4.69, 9.17) is 0 Å². The molecule has 12 heavy (non-hydrogen) atoms. The molecule has 1 aromatic carbocycles. The second kappa shape index (κ2) is 2.87. The minimum absolute atomic E-state index is 0.784. The van der Waals surface area contributed by atoms with Crippen molar-refractivity contribution in [3.8, 4) is 0 Å². The average molecular weight is 223 g/mol. The average Bonchev–Trinajstić information content (AvgIpc) is 2.46. The zero-order valence-corrected chi connectivity index (χ0v) is 7.97. The van der Waals surface area contributed by atoms with Gasteiger partial charge in [-0.05, 0) is 34.9 Å². The predicted molar refractivity (Wildman–Crippen MR) is 51.9 cm³/mol. The highest BCUT2D eigenvalue weighted by Gasteiger charge is 2.11. The normalized spacial score (nSPS) is 13.9. The van der Waals surface area contributed by atoms with E-state index < -0.39 is 0 Å². The molecule has 0 radical (unpaired) electrons. The Morgan fingerprint density at radius 1 is 1.42 bits per heavy atom. The molecule has 0 saturated heterocycles. The molecule has 0 amide bonds. The third-order valence-corrected chi connectivity index (χ3v) is 2.49. The van der Waals surface area contributed by atoms with Gasteiger partial charge in [0.05, 0.1) is 0 Å². The first-order valence-electron chi connectivity index (χ1n) is 3.74. The van der Waals surface area contributed by atoms with Gasteiger partial charge in [-0.1, -0.05) is 22.0 Å². The van der Waals surface area contributed by atoms with Crippen LogP contribution in [0.2, 0.25) is 0 Å². The number of hydrogen-bond acceptors (Lipinski definition) is 1. The van der Waals surface area contributed by atoms with Gasteiger partial charge >= 0.3 is 0 Å². The highest BCUT2D eigenvalue weighted by atomic mass is 79.9. The number of rotatable bonds is 1. The van der Waals surface area contributed by atoms with Gasteiger partial charge in [0, 0.05) is 10.9 Å². The number of allylic oxidation sites excluding steroid dienone is 1. The Morgan fingerprint density at radius 3 is 3.00 bits per heavy atom. The van der Waals surface area contributed by atoms with Crippen LogP contribution in [0.1, 0.15) is 11.1 Å². The topological polar surface area (TPSA) is 17.1 Å². The second-order valence-electron chi connectivity index (χ2n) is 2.86. The van der Waals surface area contributed by atoms with Crippen LogP contribution in [0.3, 0.4) is 0 Å². The highest BCUT2D eigenvalue weighted by Crippen LogP contribution is 2.26. The lowest BCUT2D eigenvalue weighted by Crippen LogP contribution is -1.84. The molecule has 60 valence electrons. The molecule has 0 bridgehead atoms. The fourth-order valence-electron chi connectivity index (χ4n) is 1.41. The minimum atomic E-state index is 0.784. The Kier molecular flexibility index (Phi) is 1.85. The summed E-state index contributed by atoms with van der Waals surface area (Å²) in [5.41, 5.74) is 3.26. The Balaban J connectivity index is 2.48. The number of fused-ring (bicyclic) bond motifs is 1. The first-order chi connectivity index (χ1) is 5.79. The van der Waals surface area contributed by atoms with Crippen LogP contribution in [-0.2, 0) is 11.2 Å². The van der Waals surface area contributed by atoms with Gasteiger partial charge < -0.3 is 0 Å². The molecule has 0 aliphatic heterocycles. The zero-order chi connectivity index (χ0) is 8.55. The Morgan fingerprint density at radius 2 is 2.25 bits per heavy atom. The van der Waals surface area contributed by atoms with E-state index >= 15 is 0 Å². The van der Waals surface area contributed by atoms with Crippen LogP contribution in [0.25, 0.3) is 6.08 Å². The van der Waals surface area contributed by atoms with Gasteiger partial charge in [-0.2, -0.15) is 0 Å². The monoisotopic (exact) mass is 222 g/mol. The van der Waals surface area contributed by atoms with E-state index in [1.807, 2.05) is 24.3 Å². The Hall–Kier alpha value is -0.890. The van der Waals surface area contributed by atoms with Crippen molar-refractivity contribution in [3.05, 3.63) is 39.4 Å². The van der Waals surface area contributed by atoms with Gasteiger partial charge in [0.25, 0.3) is 0 Å². The van der Waals surface area contributed by atoms with Gasteiger partial charge in [-0.25, -0.2) is 0 Å². The van der Waals surface area contributed by atoms with E-state index in [-0.39, 0.29) is 0 Å². The van der Waals surface area contributed by atoms with E-state index in [0.29, 0.717) is 0 Å². The van der Waals surface area contributed by atoms with Crippen molar-refractivity contribution in [2.24, 2.45) is 0 Å². The van der Waals surface area contributed by atoms with Gasteiger partial charge in [0.2, 0.25) is 0 Å². The summed E-state index contributed by atoms with van der Waals surface area (Å²) in [6.07, 6.45) is 3.65. The summed E-state index contributed by atoms with van der Waals surface area (Å²) < 4.78 is 1.06. The molecule has 1 nitrogen and oxygen atoms in total. The summed E-state index contributed by atoms with van der Waals surface area (Å²) in [5.74, 6) is 0. The molecule has 0 unspecified atom stereocenters. The van der Waals surface area contributed by atoms with Gasteiger partial charge in [-0.3, -0.25) is 4.79 Å². The van der Waals surface area contributed by atoms with Crippen LogP contribution in [0, 0.1) is 0 Å². The van der Waals surface area contributed by atoms with Gasteiger partial charge in [0.15, 0.2) is 0 Å². The molecule has 0 saturated carbocycles. The summed E-state index contributed by atoms with van der Waals surface area (Å²) in [4.78, 5) is 10.5. The number of benzene rings is 1. The maximum Gasteiger partial charge on any atom is 0.146 e. The summed E-state index contributed by atoms with van der Waals surface area (Å²) in [6, 6.07) is 6.08. The number of aldehydes is 1. The fraction of sp³-hybridized carbons (Fsp3) is 0.100. The molecule has 0 fully saturated rings. The second-order valence-corrected chi connectivity index (χ2v) is 3.77. The SMILES string of the molecule is O=CC1=Cc2cc(Br)ccc2C1. The Labute approximate surface area is 79.2 Å². The summed E-state index contributed by atoms with van der Waals surface area (Å²) in [5, 5.41) is 0. The zero-order valence-electron chi connectivity index (χ0n) is 6.38. The van der Waals surface area contributed by atoms with Crippen molar-refractivity contribution in [2.75, 3.05) is 0 Å². The standard InChI is InChI=1S/C10H7BrO/c11-10-2-1-8-3-7(6-12)4-9(8)5-10/h1-2,4-6H,3H2. The minimum Gasteiger partial charge on any atom is -0.298 e. The molecule has 0 N–H and O–H groups in total. The van der Waals surface area contributed by atoms with Crippen LogP contribution in [0.4, 0.5) is 0 Å². The largest absolute Gasteiger partial charge is 0.298 e. The van der Waals surface area contributed by atoms with Crippen molar-refractivity contribution in [3.63, 3.8) is 0 Å². The van der Waals surface area contributed by atoms with Crippen molar-refractivity contribution in [2.45, 2.75) is 6.42 Å². The molecule has 0 aromatic heterocycles. The van der Waals surface area contributed by atoms with Gasteiger partial charge in [0.1, 0.15) is 6.29 Å². The van der Waals surface area contributed by atoms with E-state index in [1.54, 1.807) is 0 Å². The molecular weight excluding hydrogens is 216 g/mol. The van der Waals surface area contributed by atoms with E-state index in [9.17, 15) is 4.79 Å². The third-order valence-electron chi connectivity index (χ3n) is 1.99. The van der Waals surface area contributed by atoms with E-state index in [2.05, 4.69) is 15.9 Å². The van der Waals surface area contributed by atoms with Gasteiger partial charge in [-0.15, -0.1) is 0 Å². The van der Waals surface area contributed by atoms with Crippen molar-refractivity contribution in [1.82, 2.24) is 0 Å². The van der Waals surface area contributed by atoms with Crippen LogP contribution < -0.4 is 0 Å². The number of hydrogen-bond donors (Lipinski definition) is 0. The van der Waals surface area contributed by atoms with Crippen LogP contribution in [0.5, 0.6) is 0 Å². The number of halogens is 1. The lowest BCUT2D eigenvalue weighted by Gasteiger charge is -1.97. The first-order valence-corrected chi connectivity index (χ1v) is 4.53. The molecule has 0 spiro atoms. The smallest absolute Gasteiger partial charge is 0.146 e. The molecule has 2 heteroatoms. The summed E-state index contributed by atoms with van der Waals surface area (Å²) in [6.45, 7) is 0. The summed E-state index contributed by atoms with van der Waals surface area (Å²) in [7, 11) is 0. The molecule has 1 aromatic rings. The first kappa shape index (κ1) is 7.74. The maximum absolute atomic E-state index is 10.5. The molecular formula is C10H7BrO. The lowest BCUT2D eigenvalue weighted by atomic mass is 10.1. The van der Waals surface area contributed by atoms with Crippen molar-refractivity contribution >= 4 is 28.3 Å². The molecule has 1 aliphatic rings.